The molecule has 0 radical (unpaired) electrons. The molecule has 37 heavy (non-hydrogen) atoms. The number of fused-ring (bicyclic) bond motifs is 1. The summed E-state index contributed by atoms with van der Waals surface area (Å²) in [4.78, 5) is 16.1. The summed E-state index contributed by atoms with van der Waals surface area (Å²) < 4.78 is 12.8. The smallest absolute Gasteiger partial charge is 0.231 e. The number of hydrogen-bond acceptors (Lipinski definition) is 9. The van der Waals surface area contributed by atoms with E-state index in [0.717, 1.165) is 42.0 Å². The van der Waals surface area contributed by atoms with Gasteiger partial charge in [-0.1, -0.05) is 30.3 Å². The van der Waals surface area contributed by atoms with Crippen LogP contribution in [0, 0.1) is 11.5 Å². The highest BCUT2D eigenvalue weighted by atomic mass is 16.5. The SMILES string of the molecule is COCCOc1ccc(Nc2nc(NCc3ccccc3)c3ncn([C@H]4CCCN(C#N)C4)c3n2)cc1. The first-order valence-corrected chi connectivity index (χ1v) is 12.4. The zero-order valence-electron chi connectivity index (χ0n) is 20.8. The Balaban J connectivity index is 1.43. The van der Waals surface area contributed by atoms with E-state index in [0.29, 0.717) is 43.6 Å². The lowest BCUT2D eigenvalue weighted by molar-refractivity contribution is 0.146. The van der Waals surface area contributed by atoms with Crippen molar-refractivity contribution in [3.63, 3.8) is 0 Å². The van der Waals surface area contributed by atoms with Gasteiger partial charge in [0.1, 0.15) is 12.4 Å². The van der Waals surface area contributed by atoms with Gasteiger partial charge in [0.15, 0.2) is 23.2 Å². The van der Waals surface area contributed by atoms with Crippen LogP contribution in [0.1, 0.15) is 24.4 Å². The van der Waals surface area contributed by atoms with Gasteiger partial charge in [0.2, 0.25) is 5.95 Å². The zero-order chi connectivity index (χ0) is 25.5. The standard InChI is InChI=1S/C27H30N8O2/c1-36-14-15-37-23-11-9-21(10-12-23)31-27-32-25(29-16-20-6-3-2-4-7-20)24-26(33-27)35(19-30-24)22-8-5-13-34(17-22)18-28/h2-4,6-7,9-12,19,22H,5,8,13-17H2,1H3,(H2,29,31,32,33)/t22-/m0/s1. The van der Waals surface area contributed by atoms with Crippen LogP contribution < -0.4 is 15.4 Å². The number of hydrogen-bond donors (Lipinski definition) is 2. The summed E-state index contributed by atoms with van der Waals surface area (Å²) in [5.74, 6) is 1.88. The first-order chi connectivity index (χ1) is 18.2. The molecule has 4 aromatic rings. The predicted molar refractivity (Wildman–Crippen MR) is 142 cm³/mol. The number of methoxy groups -OCH3 is 1. The molecule has 2 aromatic carbocycles. The van der Waals surface area contributed by atoms with Gasteiger partial charge >= 0.3 is 0 Å². The van der Waals surface area contributed by atoms with Crippen molar-refractivity contribution >= 4 is 28.6 Å². The average Bonchev–Trinajstić information content (AvgIpc) is 3.37. The van der Waals surface area contributed by atoms with Crippen molar-refractivity contribution in [2.24, 2.45) is 0 Å². The Kier molecular flexibility index (Phi) is 7.62. The molecule has 0 amide bonds. The molecule has 0 unspecified atom stereocenters. The molecule has 2 aromatic heterocycles. The van der Waals surface area contributed by atoms with Crippen LogP contribution in [-0.2, 0) is 11.3 Å². The van der Waals surface area contributed by atoms with Gasteiger partial charge in [-0.2, -0.15) is 15.2 Å². The van der Waals surface area contributed by atoms with Crippen molar-refractivity contribution in [2.45, 2.75) is 25.4 Å². The summed E-state index contributed by atoms with van der Waals surface area (Å²) in [5.41, 5.74) is 3.42. The molecule has 1 saturated heterocycles. The van der Waals surface area contributed by atoms with Crippen molar-refractivity contribution in [1.29, 1.82) is 5.26 Å². The number of nitrogens with one attached hydrogen (secondary N) is 2. The molecular weight excluding hydrogens is 468 g/mol. The lowest BCUT2D eigenvalue weighted by atomic mass is 10.1. The number of benzene rings is 2. The Hall–Kier alpha value is -4.36. The van der Waals surface area contributed by atoms with E-state index < -0.39 is 0 Å². The van der Waals surface area contributed by atoms with Crippen LogP contribution in [0.5, 0.6) is 5.75 Å². The maximum absolute atomic E-state index is 9.42. The first kappa shape index (κ1) is 24.3. The van der Waals surface area contributed by atoms with E-state index in [9.17, 15) is 5.26 Å². The molecular formula is C27H30N8O2. The van der Waals surface area contributed by atoms with Gasteiger partial charge in [0.05, 0.1) is 19.0 Å². The number of aromatic nitrogens is 4. The van der Waals surface area contributed by atoms with Crippen LogP contribution in [0.3, 0.4) is 0 Å². The summed E-state index contributed by atoms with van der Waals surface area (Å²) in [5, 5.41) is 16.2. The number of nitriles is 1. The molecule has 0 spiro atoms. The highest BCUT2D eigenvalue weighted by Gasteiger charge is 2.24. The molecule has 3 heterocycles. The Bertz CT molecular complexity index is 1350. The Morgan fingerprint density at radius 1 is 1.08 bits per heavy atom. The minimum atomic E-state index is 0.117. The second-order valence-corrected chi connectivity index (χ2v) is 8.89. The fourth-order valence-corrected chi connectivity index (χ4v) is 4.42. The third kappa shape index (κ3) is 5.90. The molecule has 1 aliphatic heterocycles. The molecule has 1 atom stereocenters. The van der Waals surface area contributed by atoms with Gasteiger partial charge in [-0.3, -0.25) is 0 Å². The summed E-state index contributed by atoms with van der Waals surface area (Å²) >= 11 is 0. The second-order valence-electron chi connectivity index (χ2n) is 8.89. The molecule has 10 nitrogen and oxygen atoms in total. The van der Waals surface area contributed by atoms with E-state index in [-0.39, 0.29) is 6.04 Å². The van der Waals surface area contributed by atoms with Gasteiger partial charge in [-0.15, -0.1) is 0 Å². The third-order valence-corrected chi connectivity index (χ3v) is 6.32. The van der Waals surface area contributed by atoms with E-state index in [2.05, 4.69) is 38.5 Å². The molecule has 5 rings (SSSR count). The van der Waals surface area contributed by atoms with Crippen LogP contribution in [0.25, 0.3) is 11.2 Å². The monoisotopic (exact) mass is 498 g/mol. The number of nitrogens with zero attached hydrogens (tertiary/aromatic N) is 6. The maximum atomic E-state index is 9.42. The quantitative estimate of drug-likeness (QED) is 0.244. The van der Waals surface area contributed by atoms with Crippen LogP contribution in [-0.4, -0.2) is 57.8 Å². The normalized spacial score (nSPS) is 15.4. The van der Waals surface area contributed by atoms with Gasteiger partial charge in [-0.05, 0) is 42.7 Å². The van der Waals surface area contributed by atoms with E-state index in [1.54, 1.807) is 12.0 Å². The van der Waals surface area contributed by atoms with E-state index in [4.69, 9.17) is 19.4 Å². The van der Waals surface area contributed by atoms with Crippen LogP contribution in [0.15, 0.2) is 60.9 Å². The van der Waals surface area contributed by atoms with E-state index in [1.807, 2.05) is 48.8 Å². The minimum Gasteiger partial charge on any atom is -0.491 e. The molecule has 0 saturated carbocycles. The molecule has 0 aliphatic carbocycles. The first-order valence-electron chi connectivity index (χ1n) is 12.4. The number of imidazole rings is 1. The van der Waals surface area contributed by atoms with Crippen molar-refractivity contribution in [3.05, 3.63) is 66.5 Å². The Morgan fingerprint density at radius 3 is 2.70 bits per heavy atom. The topological polar surface area (TPSA) is 113 Å². The fourth-order valence-electron chi connectivity index (χ4n) is 4.42. The van der Waals surface area contributed by atoms with Gasteiger partial charge in [-0.25, -0.2) is 4.98 Å². The lowest BCUT2D eigenvalue weighted by Crippen LogP contribution is -2.33. The van der Waals surface area contributed by atoms with Crippen molar-refractivity contribution in [1.82, 2.24) is 24.4 Å². The van der Waals surface area contributed by atoms with Crippen molar-refractivity contribution < 1.29 is 9.47 Å². The largest absolute Gasteiger partial charge is 0.491 e. The molecule has 10 heteroatoms. The van der Waals surface area contributed by atoms with Crippen LogP contribution in [0.4, 0.5) is 17.5 Å². The summed E-state index contributed by atoms with van der Waals surface area (Å²) in [7, 11) is 1.65. The van der Waals surface area contributed by atoms with Gasteiger partial charge < -0.3 is 29.6 Å². The number of ether oxygens (including phenoxy) is 2. The molecule has 0 bridgehead atoms. The maximum Gasteiger partial charge on any atom is 0.231 e. The van der Waals surface area contributed by atoms with E-state index in [1.165, 1.54) is 0 Å². The van der Waals surface area contributed by atoms with E-state index >= 15 is 0 Å². The number of rotatable bonds is 10. The lowest BCUT2D eigenvalue weighted by Gasteiger charge is -2.29. The number of anilines is 3. The second kappa shape index (κ2) is 11.6. The summed E-state index contributed by atoms with van der Waals surface area (Å²) in [6.07, 6.45) is 6.01. The average molecular weight is 499 g/mol. The Morgan fingerprint density at radius 2 is 1.92 bits per heavy atom. The van der Waals surface area contributed by atoms with Crippen molar-refractivity contribution in [3.8, 4) is 11.9 Å². The van der Waals surface area contributed by atoms with Gasteiger partial charge in [0, 0.05) is 32.4 Å². The van der Waals surface area contributed by atoms with Gasteiger partial charge in [0.25, 0.3) is 0 Å². The molecule has 1 fully saturated rings. The Labute approximate surface area is 215 Å². The highest BCUT2D eigenvalue weighted by molar-refractivity contribution is 5.85. The number of likely N-dealkylation sites (tertiary alicyclic amines) is 1. The highest BCUT2D eigenvalue weighted by Crippen LogP contribution is 2.29. The molecule has 190 valence electrons. The minimum absolute atomic E-state index is 0.117. The third-order valence-electron chi connectivity index (χ3n) is 6.32. The summed E-state index contributed by atoms with van der Waals surface area (Å²) in [6, 6.07) is 17.9. The fraction of sp³-hybridized carbons (Fsp3) is 0.333. The van der Waals surface area contributed by atoms with Crippen LogP contribution >= 0.6 is 0 Å². The summed E-state index contributed by atoms with van der Waals surface area (Å²) in [6.45, 7) is 3.07. The zero-order valence-corrected chi connectivity index (χ0v) is 20.8. The molecule has 2 N–H and O–H groups in total. The van der Waals surface area contributed by atoms with Crippen molar-refractivity contribution in [2.75, 3.05) is 44.0 Å². The number of piperidine rings is 1. The molecule has 1 aliphatic rings. The van der Waals surface area contributed by atoms with Crippen LogP contribution in [0.2, 0.25) is 0 Å². The predicted octanol–water partition coefficient (Wildman–Crippen LogP) is 4.33.